The molecule has 0 fully saturated rings. The summed E-state index contributed by atoms with van der Waals surface area (Å²) in [5, 5.41) is 0. The minimum atomic E-state index is -4.17. The second kappa shape index (κ2) is 6.95. The minimum absolute atomic E-state index is 0.113. The van der Waals surface area contributed by atoms with Gasteiger partial charge in [0.05, 0.1) is 17.8 Å². The average Bonchev–Trinajstić information content (AvgIpc) is 2.09. The van der Waals surface area contributed by atoms with Gasteiger partial charge in [0, 0.05) is 13.1 Å². The third kappa shape index (κ3) is 11.3. The first-order valence-corrected chi connectivity index (χ1v) is 10.2. The van der Waals surface area contributed by atoms with Crippen molar-refractivity contribution in [2.75, 3.05) is 30.9 Å². The minimum Gasteiger partial charge on any atom is -0.286 e. The van der Waals surface area contributed by atoms with E-state index in [2.05, 4.69) is 0 Å². The molecule has 0 saturated heterocycles. The van der Waals surface area contributed by atoms with Crippen molar-refractivity contribution in [3.05, 3.63) is 0 Å². The zero-order valence-corrected chi connectivity index (χ0v) is 12.7. The molecule has 0 heterocycles. The fraction of sp³-hybridized carbons (Fsp3) is 1.00. The summed E-state index contributed by atoms with van der Waals surface area (Å²) in [5.41, 5.74) is 0. The molecule has 0 unspecified atom stereocenters. The van der Waals surface area contributed by atoms with Gasteiger partial charge in [0.15, 0.2) is 0 Å². The summed E-state index contributed by atoms with van der Waals surface area (Å²) in [6, 6.07) is 0. The van der Waals surface area contributed by atoms with E-state index in [0.29, 0.717) is 0 Å². The Hall–Kier alpha value is -0.270. The molecule has 0 aliphatic heterocycles. The smallest absolute Gasteiger partial charge is 0.264 e. The summed E-state index contributed by atoms with van der Waals surface area (Å²) in [5.74, 6) is -1.17. The lowest BCUT2D eigenvalue weighted by Gasteiger charge is -2.19. The Morgan fingerprint density at radius 1 is 0.789 bits per heavy atom. The summed E-state index contributed by atoms with van der Waals surface area (Å²) in [7, 11) is -12.0. The Bertz CT molecular complexity index is 538. The molecular weight excluding hydrogens is 322 g/mol. The Labute approximate surface area is 113 Å². The van der Waals surface area contributed by atoms with Gasteiger partial charge >= 0.3 is 0 Å². The van der Waals surface area contributed by atoms with E-state index in [1.807, 2.05) is 0 Å². The first kappa shape index (κ1) is 18.7. The number of sulfonamides is 1. The lowest BCUT2D eigenvalue weighted by molar-refractivity contribution is 0.405. The maximum Gasteiger partial charge on any atom is 0.264 e. The monoisotopic (exact) mass is 339 g/mol. The highest BCUT2D eigenvalue weighted by Gasteiger charge is 2.18. The van der Waals surface area contributed by atoms with E-state index in [0.717, 1.165) is 10.6 Å². The average molecular weight is 339 g/mol. The summed E-state index contributed by atoms with van der Waals surface area (Å²) >= 11 is 0. The lowest BCUT2D eigenvalue weighted by atomic mass is 10.4. The normalized spacial score (nSPS) is 13.9. The van der Waals surface area contributed by atoms with E-state index in [4.69, 9.17) is 9.11 Å². The van der Waals surface area contributed by atoms with Crippen LogP contribution in [0.1, 0.15) is 12.8 Å². The molecule has 0 aromatic rings. The first-order valence-electron chi connectivity index (χ1n) is 5.17. The molecular formula is C7H17NO8S3. The van der Waals surface area contributed by atoms with Gasteiger partial charge in [-0.1, -0.05) is 0 Å². The first-order chi connectivity index (χ1) is 8.31. The molecule has 0 amide bonds. The highest BCUT2D eigenvalue weighted by Crippen LogP contribution is 2.03. The van der Waals surface area contributed by atoms with Crippen LogP contribution in [-0.2, 0) is 30.3 Å². The highest BCUT2D eigenvalue weighted by atomic mass is 32.2. The zero-order chi connectivity index (χ0) is 15.3. The Balaban J connectivity index is 4.43. The van der Waals surface area contributed by atoms with Crippen LogP contribution < -0.4 is 0 Å². The number of hydrogen-bond acceptors (Lipinski definition) is 6. The molecule has 0 aromatic heterocycles. The van der Waals surface area contributed by atoms with E-state index in [-0.39, 0.29) is 25.9 Å². The van der Waals surface area contributed by atoms with Crippen molar-refractivity contribution in [1.82, 2.24) is 4.31 Å². The SMILES string of the molecule is CS(=O)(=O)N(CCCS(=O)(=O)O)CCCS(=O)(=O)O. The predicted octanol–water partition coefficient (Wildman–Crippen LogP) is -1.20. The standard InChI is InChI=1S/C7H17NO8S3/c1-17(9,10)8(4-2-6-18(11,12)13)5-3-7-19(14,15)16/h2-7H2,1H3,(H,11,12,13)(H,14,15,16). The molecule has 0 atom stereocenters. The van der Waals surface area contributed by atoms with Crippen molar-refractivity contribution in [3.63, 3.8) is 0 Å². The Morgan fingerprint density at radius 2 is 1.11 bits per heavy atom. The Morgan fingerprint density at radius 3 is 1.32 bits per heavy atom. The van der Waals surface area contributed by atoms with Gasteiger partial charge in [-0.25, -0.2) is 12.7 Å². The van der Waals surface area contributed by atoms with Gasteiger partial charge in [-0.15, -0.1) is 0 Å². The van der Waals surface area contributed by atoms with Crippen LogP contribution >= 0.6 is 0 Å². The van der Waals surface area contributed by atoms with Crippen LogP contribution in [0.2, 0.25) is 0 Å². The molecule has 116 valence electrons. The molecule has 12 heteroatoms. The van der Waals surface area contributed by atoms with E-state index >= 15 is 0 Å². The van der Waals surface area contributed by atoms with Crippen molar-refractivity contribution in [2.45, 2.75) is 12.8 Å². The van der Waals surface area contributed by atoms with Crippen LogP contribution in [0.3, 0.4) is 0 Å². The fourth-order valence-corrected chi connectivity index (χ4v) is 3.20. The summed E-state index contributed by atoms with van der Waals surface area (Å²) in [6.07, 6.45) is 0.670. The zero-order valence-electron chi connectivity index (χ0n) is 10.3. The number of hydrogen-bond donors (Lipinski definition) is 2. The molecule has 0 spiro atoms. The van der Waals surface area contributed by atoms with Crippen LogP contribution in [0.15, 0.2) is 0 Å². The maximum atomic E-state index is 11.3. The van der Waals surface area contributed by atoms with E-state index in [1.54, 1.807) is 0 Å². The second-order valence-electron chi connectivity index (χ2n) is 3.94. The summed E-state index contributed by atoms with van der Waals surface area (Å²) < 4.78 is 82.5. The van der Waals surface area contributed by atoms with Crippen LogP contribution in [0.5, 0.6) is 0 Å². The van der Waals surface area contributed by atoms with Crippen LogP contribution in [0.25, 0.3) is 0 Å². The summed E-state index contributed by atoms with van der Waals surface area (Å²) in [4.78, 5) is 0. The van der Waals surface area contributed by atoms with Gasteiger partial charge in [0.25, 0.3) is 20.2 Å². The third-order valence-electron chi connectivity index (χ3n) is 2.09. The van der Waals surface area contributed by atoms with Crippen molar-refractivity contribution in [3.8, 4) is 0 Å². The van der Waals surface area contributed by atoms with Gasteiger partial charge in [-0.3, -0.25) is 9.11 Å². The molecule has 0 rings (SSSR count). The van der Waals surface area contributed by atoms with E-state index < -0.39 is 41.8 Å². The van der Waals surface area contributed by atoms with Gasteiger partial charge in [-0.2, -0.15) is 16.8 Å². The molecule has 2 N–H and O–H groups in total. The second-order valence-corrected chi connectivity index (χ2v) is 9.07. The van der Waals surface area contributed by atoms with Gasteiger partial charge in [0.1, 0.15) is 0 Å². The van der Waals surface area contributed by atoms with Crippen LogP contribution in [-0.4, -0.2) is 69.5 Å². The number of rotatable bonds is 9. The van der Waals surface area contributed by atoms with Crippen molar-refractivity contribution < 1.29 is 34.4 Å². The number of nitrogens with zero attached hydrogens (tertiary/aromatic N) is 1. The van der Waals surface area contributed by atoms with Crippen molar-refractivity contribution >= 4 is 30.3 Å². The van der Waals surface area contributed by atoms with Gasteiger partial charge in [-0.05, 0) is 12.8 Å². The van der Waals surface area contributed by atoms with Gasteiger partial charge in [0.2, 0.25) is 10.0 Å². The van der Waals surface area contributed by atoms with Gasteiger partial charge < -0.3 is 0 Å². The molecule has 0 aliphatic carbocycles. The predicted molar refractivity (Wildman–Crippen MR) is 68.5 cm³/mol. The van der Waals surface area contributed by atoms with Crippen molar-refractivity contribution in [1.29, 1.82) is 0 Å². The van der Waals surface area contributed by atoms with E-state index in [1.165, 1.54) is 0 Å². The fourth-order valence-electron chi connectivity index (χ4n) is 1.29. The highest BCUT2D eigenvalue weighted by molar-refractivity contribution is 7.88. The Kier molecular flexibility index (Phi) is 6.85. The van der Waals surface area contributed by atoms with E-state index in [9.17, 15) is 25.3 Å². The quantitative estimate of drug-likeness (QED) is 0.498. The molecule has 0 aromatic carbocycles. The lowest BCUT2D eigenvalue weighted by Crippen LogP contribution is -2.33. The molecule has 0 bridgehead atoms. The maximum absolute atomic E-state index is 11.3. The van der Waals surface area contributed by atoms with Crippen molar-refractivity contribution in [2.24, 2.45) is 0 Å². The molecule has 0 saturated carbocycles. The molecule has 0 radical (unpaired) electrons. The largest absolute Gasteiger partial charge is 0.286 e. The topological polar surface area (TPSA) is 146 Å². The molecule has 0 aliphatic rings. The third-order valence-corrected chi connectivity index (χ3v) is 5.00. The molecule has 19 heavy (non-hydrogen) atoms. The van der Waals surface area contributed by atoms with Crippen LogP contribution in [0, 0.1) is 0 Å². The molecule has 9 nitrogen and oxygen atoms in total. The summed E-state index contributed by atoms with van der Waals surface area (Å²) in [6.45, 7) is -0.325. The van der Waals surface area contributed by atoms with Crippen LogP contribution in [0.4, 0.5) is 0 Å².